The SMILES string of the molecule is CC(C)(C)c1cc2c3c(c1)N(c1c(-c4ccccc4)cccc1-c1ccccc1)c1ccc(-c4ccccc4)cc1B3c1cc(-c3ccccc3)ccc1[Se]2. The first-order valence-corrected chi connectivity index (χ1v) is 20.9. The minimum absolute atomic E-state index is 0.0289. The summed E-state index contributed by atoms with van der Waals surface area (Å²) in [5.41, 5.74) is 19.2. The van der Waals surface area contributed by atoms with Gasteiger partial charge >= 0.3 is 333 Å². The number of hydrogen-bond acceptors (Lipinski definition) is 1. The van der Waals surface area contributed by atoms with Gasteiger partial charge in [0.15, 0.2) is 0 Å². The third-order valence-corrected chi connectivity index (χ3v) is 13.7. The van der Waals surface area contributed by atoms with Crippen LogP contribution in [0.4, 0.5) is 17.1 Å². The van der Waals surface area contributed by atoms with E-state index in [1.54, 1.807) is 0 Å². The number of fused-ring (bicyclic) bond motifs is 4. The Labute approximate surface area is 331 Å². The van der Waals surface area contributed by atoms with Crippen LogP contribution in [0.25, 0.3) is 44.5 Å². The van der Waals surface area contributed by atoms with Crippen molar-refractivity contribution in [3.05, 3.63) is 194 Å². The summed E-state index contributed by atoms with van der Waals surface area (Å²) >= 11 is 0.133. The zero-order valence-corrected chi connectivity index (χ0v) is 33.0. The van der Waals surface area contributed by atoms with Crippen molar-refractivity contribution in [2.45, 2.75) is 26.2 Å². The van der Waals surface area contributed by atoms with E-state index in [9.17, 15) is 0 Å². The summed E-state index contributed by atoms with van der Waals surface area (Å²) in [7, 11) is 0. The van der Waals surface area contributed by atoms with E-state index in [0.717, 1.165) is 0 Å². The van der Waals surface area contributed by atoms with E-state index in [1.807, 2.05) is 0 Å². The molecule has 2 aliphatic heterocycles. The van der Waals surface area contributed by atoms with Crippen molar-refractivity contribution in [2.24, 2.45) is 0 Å². The molecule has 0 aliphatic carbocycles. The minimum atomic E-state index is -0.0289. The normalized spacial score (nSPS) is 12.9. The average molecular weight is 769 g/mol. The van der Waals surface area contributed by atoms with E-state index < -0.39 is 0 Å². The van der Waals surface area contributed by atoms with Crippen LogP contribution in [-0.2, 0) is 5.41 Å². The van der Waals surface area contributed by atoms with Crippen LogP contribution in [0.3, 0.4) is 0 Å². The molecule has 2 aliphatic rings. The molecular formula is C52H40BNSe. The van der Waals surface area contributed by atoms with Gasteiger partial charge in [0.05, 0.1) is 0 Å². The molecule has 8 aromatic rings. The van der Waals surface area contributed by atoms with E-state index in [-0.39, 0.29) is 27.1 Å². The van der Waals surface area contributed by atoms with Gasteiger partial charge in [0.25, 0.3) is 0 Å². The van der Waals surface area contributed by atoms with Crippen molar-refractivity contribution in [1.82, 2.24) is 0 Å². The van der Waals surface area contributed by atoms with Crippen molar-refractivity contribution in [3.8, 4) is 44.5 Å². The molecule has 0 amide bonds. The van der Waals surface area contributed by atoms with Crippen LogP contribution in [0.5, 0.6) is 0 Å². The number of nitrogens with zero attached hydrogens (tertiary/aromatic N) is 1. The Morgan fingerprint density at radius 1 is 0.418 bits per heavy atom. The van der Waals surface area contributed by atoms with Crippen LogP contribution in [0.1, 0.15) is 26.3 Å². The third kappa shape index (κ3) is 5.87. The van der Waals surface area contributed by atoms with Gasteiger partial charge in [-0.15, -0.1) is 0 Å². The molecule has 262 valence electrons. The number of benzene rings is 8. The number of rotatable bonds is 5. The fraction of sp³-hybridized carbons (Fsp3) is 0.0769. The molecule has 0 aromatic heterocycles. The maximum absolute atomic E-state index is 2.64. The summed E-state index contributed by atoms with van der Waals surface area (Å²) in [4.78, 5) is 2.64. The van der Waals surface area contributed by atoms with Crippen LogP contribution in [0.15, 0.2) is 188 Å². The van der Waals surface area contributed by atoms with E-state index in [4.69, 9.17) is 0 Å². The van der Waals surface area contributed by atoms with E-state index in [1.165, 1.54) is 92.4 Å². The molecule has 0 N–H and O–H groups in total. The Bertz CT molecular complexity index is 2640. The fourth-order valence-electron chi connectivity index (χ4n) is 8.53. The predicted octanol–water partition coefficient (Wildman–Crippen LogP) is 9.92. The Balaban J connectivity index is 1.32. The van der Waals surface area contributed by atoms with Gasteiger partial charge in [0.2, 0.25) is 0 Å². The van der Waals surface area contributed by atoms with E-state index >= 15 is 0 Å². The van der Waals surface area contributed by atoms with Crippen LogP contribution in [-0.4, -0.2) is 21.7 Å². The second-order valence-electron chi connectivity index (χ2n) is 15.7. The predicted molar refractivity (Wildman–Crippen MR) is 238 cm³/mol. The molecule has 55 heavy (non-hydrogen) atoms. The van der Waals surface area contributed by atoms with Crippen molar-refractivity contribution < 1.29 is 0 Å². The molecule has 0 saturated heterocycles. The molecule has 10 rings (SSSR count). The van der Waals surface area contributed by atoms with E-state index in [0.29, 0.717) is 0 Å². The van der Waals surface area contributed by atoms with Crippen molar-refractivity contribution in [3.63, 3.8) is 0 Å². The summed E-state index contributed by atoms with van der Waals surface area (Å²) in [5, 5.41) is 0. The number of anilines is 3. The molecule has 0 radical (unpaired) electrons. The molecule has 0 unspecified atom stereocenters. The van der Waals surface area contributed by atoms with Crippen LogP contribution >= 0.6 is 0 Å². The molecule has 0 saturated carbocycles. The summed E-state index contributed by atoms with van der Waals surface area (Å²) in [5.74, 6) is 0. The third-order valence-electron chi connectivity index (χ3n) is 11.3. The first kappa shape index (κ1) is 33.7. The molecule has 0 atom stereocenters. The second kappa shape index (κ2) is 13.5. The number of para-hydroxylation sites is 1. The molecular weight excluding hydrogens is 728 g/mol. The quantitative estimate of drug-likeness (QED) is 0.158. The Hall–Kier alpha value is -5.86. The van der Waals surface area contributed by atoms with Gasteiger partial charge < -0.3 is 0 Å². The summed E-state index contributed by atoms with van der Waals surface area (Å²) in [6, 6.07) is 70.1. The van der Waals surface area contributed by atoms with Crippen molar-refractivity contribution in [1.29, 1.82) is 0 Å². The second-order valence-corrected chi connectivity index (χ2v) is 18.0. The average Bonchev–Trinajstić information content (AvgIpc) is 3.24. The van der Waals surface area contributed by atoms with Gasteiger partial charge in [-0.2, -0.15) is 0 Å². The molecule has 0 bridgehead atoms. The molecule has 1 nitrogen and oxygen atoms in total. The Morgan fingerprint density at radius 3 is 1.47 bits per heavy atom. The first-order chi connectivity index (χ1) is 26.9. The van der Waals surface area contributed by atoms with Crippen LogP contribution in [0.2, 0.25) is 0 Å². The topological polar surface area (TPSA) is 3.24 Å². The van der Waals surface area contributed by atoms with Gasteiger partial charge in [0.1, 0.15) is 0 Å². The van der Waals surface area contributed by atoms with Gasteiger partial charge in [0, 0.05) is 0 Å². The number of hydrogen-bond donors (Lipinski definition) is 0. The molecule has 8 aromatic carbocycles. The Kier molecular flexibility index (Phi) is 8.25. The standard InChI is InChI=1S/C52H40BNSe/c1-52(2,3)41-33-47-50-49(34-41)55-48-30-28-40(36-19-10-5-11-20-36)32-45(48)53(50)44-31-39(35-17-8-4-9-18-35)27-29-46(44)54(47)51-42(37-21-12-6-13-22-37)25-16-26-43(51)38-23-14-7-15-24-38/h4-34H,1-3H3. The van der Waals surface area contributed by atoms with Crippen LogP contribution < -0.4 is 30.2 Å². The van der Waals surface area contributed by atoms with Crippen LogP contribution in [0, 0.1) is 0 Å². The van der Waals surface area contributed by atoms with Gasteiger partial charge in [-0.25, -0.2) is 0 Å². The fourth-order valence-corrected chi connectivity index (χ4v) is 11.0. The summed E-state index contributed by atoms with van der Waals surface area (Å²) in [6.45, 7) is 7.16. The van der Waals surface area contributed by atoms with Gasteiger partial charge in [-0.3, -0.25) is 0 Å². The zero-order chi connectivity index (χ0) is 37.1. The maximum atomic E-state index is 2.64. The molecule has 2 heterocycles. The summed E-state index contributed by atoms with van der Waals surface area (Å²) in [6.07, 6.45) is 0. The molecule has 0 fully saturated rings. The first-order valence-electron chi connectivity index (χ1n) is 19.2. The zero-order valence-electron chi connectivity index (χ0n) is 31.3. The monoisotopic (exact) mass is 769 g/mol. The van der Waals surface area contributed by atoms with Crippen molar-refractivity contribution in [2.75, 3.05) is 4.90 Å². The van der Waals surface area contributed by atoms with Crippen molar-refractivity contribution >= 4 is 64.0 Å². The molecule has 0 spiro atoms. The molecule has 3 heteroatoms. The summed E-state index contributed by atoms with van der Waals surface area (Å²) < 4.78 is 2.96. The van der Waals surface area contributed by atoms with Gasteiger partial charge in [-0.1, -0.05) is 0 Å². The Morgan fingerprint density at radius 2 is 0.927 bits per heavy atom. The van der Waals surface area contributed by atoms with Gasteiger partial charge in [-0.05, 0) is 0 Å². The van der Waals surface area contributed by atoms with E-state index in [2.05, 4.69) is 214 Å².